The van der Waals surface area contributed by atoms with E-state index in [0.29, 0.717) is 31.1 Å². The van der Waals surface area contributed by atoms with E-state index in [-0.39, 0.29) is 18.5 Å². The molecule has 6 nitrogen and oxygen atoms in total. The lowest BCUT2D eigenvalue weighted by atomic mass is 10.3. The highest BCUT2D eigenvalue weighted by Gasteiger charge is 2.32. The minimum Gasteiger partial charge on any atom is -0.492 e. The highest BCUT2D eigenvalue weighted by atomic mass is 32.2. The fraction of sp³-hybridized carbons (Fsp3) is 0.389. The van der Waals surface area contributed by atoms with Gasteiger partial charge < -0.3 is 9.47 Å². The van der Waals surface area contributed by atoms with E-state index in [1.165, 1.54) is 4.31 Å². The van der Waals surface area contributed by atoms with Crippen LogP contribution in [0, 0.1) is 6.92 Å². The van der Waals surface area contributed by atoms with Gasteiger partial charge in [-0.2, -0.15) is 4.31 Å². The number of aryl methyl sites for hydroxylation is 1. The van der Waals surface area contributed by atoms with E-state index in [2.05, 4.69) is 4.98 Å². The van der Waals surface area contributed by atoms with Crippen molar-refractivity contribution in [2.75, 3.05) is 25.4 Å². The molecule has 25 heavy (non-hydrogen) atoms. The van der Waals surface area contributed by atoms with Crippen LogP contribution in [-0.4, -0.2) is 49.3 Å². The van der Waals surface area contributed by atoms with E-state index in [4.69, 9.17) is 9.47 Å². The van der Waals surface area contributed by atoms with Crippen LogP contribution in [-0.2, 0) is 10.0 Å². The van der Waals surface area contributed by atoms with Crippen molar-refractivity contribution in [3.8, 4) is 11.6 Å². The Balaban J connectivity index is 1.49. The summed E-state index contributed by atoms with van der Waals surface area (Å²) in [7, 11) is -3.35. The molecule has 1 aliphatic heterocycles. The molecule has 0 aliphatic carbocycles. The minimum atomic E-state index is -3.35. The van der Waals surface area contributed by atoms with Gasteiger partial charge >= 0.3 is 0 Å². The minimum absolute atomic E-state index is 0.0443. The fourth-order valence-corrected chi connectivity index (χ4v) is 3.98. The SMILES string of the molecule is Cc1ccc(OC2CCN(S(=O)(=O)CCOc3ccccc3)C2)nc1. The summed E-state index contributed by atoms with van der Waals surface area (Å²) in [4.78, 5) is 4.20. The first-order valence-electron chi connectivity index (χ1n) is 8.28. The van der Waals surface area contributed by atoms with Gasteiger partial charge in [0.05, 0.1) is 12.3 Å². The van der Waals surface area contributed by atoms with Crippen LogP contribution < -0.4 is 9.47 Å². The summed E-state index contributed by atoms with van der Waals surface area (Å²) in [6.07, 6.45) is 2.23. The number of para-hydroxylation sites is 1. The standard InChI is InChI=1S/C18H22N2O4S/c1-15-7-8-18(19-13-15)24-17-9-10-20(14-17)25(21,22)12-11-23-16-5-3-2-4-6-16/h2-8,13,17H,9-12,14H2,1H3. The van der Waals surface area contributed by atoms with Gasteiger partial charge in [-0.3, -0.25) is 0 Å². The molecule has 1 aliphatic rings. The van der Waals surface area contributed by atoms with Crippen LogP contribution in [0.4, 0.5) is 0 Å². The van der Waals surface area contributed by atoms with Crippen LogP contribution in [0.3, 0.4) is 0 Å². The van der Waals surface area contributed by atoms with Gasteiger partial charge in [-0.25, -0.2) is 13.4 Å². The average Bonchev–Trinajstić information content (AvgIpc) is 3.07. The van der Waals surface area contributed by atoms with Crippen LogP contribution in [0.15, 0.2) is 48.7 Å². The van der Waals surface area contributed by atoms with Gasteiger partial charge in [-0.1, -0.05) is 24.3 Å². The molecule has 1 unspecified atom stereocenters. The average molecular weight is 362 g/mol. The van der Waals surface area contributed by atoms with Gasteiger partial charge in [0.25, 0.3) is 0 Å². The van der Waals surface area contributed by atoms with Crippen molar-refractivity contribution in [2.45, 2.75) is 19.4 Å². The second-order valence-electron chi connectivity index (χ2n) is 6.04. The molecule has 1 saturated heterocycles. The fourth-order valence-electron chi connectivity index (χ4n) is 2.65. The topological polar surface area (TPSA) is 68.7 Å². The Hall–Kier alpha value is -2.12. The Kier molecular flexibility index (Phi) is 5.55. The molecule has 0 amide bonds. The number of hydrogen-bond acceptors (Lipinski definition) is 5. The van der Waals surface area contributed by atoms with Gasteiger partial charge in [0.15, 0.2) is 0 Å². The Bertz CT molecular complexity index is 778. The first kappa shape index (κ1) is 17.7. The number of ether oxygens (including phenoxy) is 2. The summed E-state index contributed by atoms with van der Waals surface area (Å²) >= 11 is 0. The number of aromatic nitrogens is 1. The molecule has 0 radical (unpaired) electrons. The van der Waals surface area contributed by atoms with Gasteiger partial charge in [-0.15, -0.1) is 0 Å². The molecule has 1 aromatic heterocycles. The van der Waals surface area contributed by atoms with E-state index < -0.39 is 10.0 Å². The lowest BCUT2D eigenvalue weighted by Gasteiger charge is -2.17. The highest BCUT2D eigenvalue weighted by Crippen LogP contribution is 2.19. The number of benzene rings is 1. The first-order chi connectivity index (χ1) is 12.0. The smallest absolute Gasteiger partial charge is 0.217 e. The Morgan fingerprint density at radius 3 is 2.72 bits per heavy atom. The van der Waals surface area contributed by atoms with Crippen molar-refractivity contribution in [3.63, 3.8) is 0 Å². The van der Waals surface area contributed by atoms with Crippen LogP contribution in [0.1, 0.15) is 12.0 Å². The third kappa shape index (κ3) is 4.93. The van der Waals surface area contributed by atoms with Gasteiger partial charge in [0.2, 0.25) is 15.9 Å². The van der Waals surface area contributed by atoms with Gasteiger partial charge in [0, 0.05) is 18.8 Å². The lowest BCUT2D eigenvalue weighted by Crippen LogP contribution is -2.34. The van der Waals surface area contributed by atoms with E-state index in [1.54, 1.807) is 24.4 Å². The van der Waals surface area contributed by atoms with Crippen LogP contribution in [0.25, 0.3) is 0 Å². The monoisotopic (exact) mass is 362 g/mol. The predicted octanol–water partition coefficient (Wildman–Crippen LogP) is 2.25. The van der Waals surface area contributed by atoms with E-state index in [1.807, 2.05) is 31.2 Å². The molecule has 0 saturated carbocycles. The molecule has 1 atom stereocenters. The molecule has 3 rings (SSSR count). The Labute approximate surface area is 148 Å². The molecule has 0 spiro atoms. The number of nitrogens with zero attached hydrogens (tertiary/aromatic N) is 2. The summed E-state index contributed by atoms with van der Waals surface area (Å²) in [5.74, 6) is 1.16. The maximum absolute atomic E-state index is 12.4. The van der Waals surface area contributed by atoms with E-state index in [9.17, 15) is 8.42 Å². The number of rotatable bonds is 7. The van der Waals surface area contributed by atoms with E-state index in [0.717, 1.165) is 5.56 Å². The quantitative estimate of drug-likeness (QED) is 0.756. The van der Waals surface area contributed by atoms with E-state index >= 15 is 0 Å². The van der Waals surface area contributed by atoms with Crippen LogP contribution >= 0.6 is 0 Å². The van der Waals surface area contributed by atoms with Crippen molar-refractivity contribution in [1.82, 2.24) is 9.29 Å². The molecular formula is C18H22N2O4S. The maximum Gasteiger partial charge on any atom is 0.217 e. The maximum atomic E-state index is 12.4. The second kappa shape index (κ2) is 7.84. The molecular weight excluding hydrogens is 340 g/mol. The zero-order valence-electron chi connectivity index (χ0n) is 14.2. The molecule has 2 aromatic rings. The number of hydrogen-bond donors (Lipinski definition) is 0. The molecule has 7 heteroatoms. The summed E-state index contributed by atoms with van der Waals surface area (Å²) in [6, 6.07) is 12.9. The molecule has 1 fully saturated rings. The summed E-state index contributed by atoms with van der Waals surface area (Å²) in [6.45, 7) is 2.90. The Morgan fingerprint density at radius 1 is 1.20 bits per heavy atom. The number of pyridine rings is 1. The van der Waals surface area contributed by atoms with Crippen LogP contribution in [0.5, 0.6) is 11.6 Å². The molecule has 0 N–H and O–H groups in total. The zero-order chi connectivity index (χ0) is 17.7. The van der Waals surface area contributed by atoms with Crippen molar-refractivity contribution in [3.05, 3.63) is 54.2 Å². The van der Waals surface area contributed by atoms with Crippen molar-refractivity contribution in [2.24, 2.45) is 0 Å². The molecule has 134 valence electrons. The van der Waals surface area contributed by atoms with Crippen molar-refractivity contribution >= 4 is 10.0 Å². The molecule has 2 heterocycles. The summed E-state index contributed by atoms with van der Waals surface area (Å²) in [5, 5.41) is 0. The summed E-state index contributed by atoms with van der Waals surface area (Å²) < 4.78 is 37.6. The third-order valence-electron chi connectivity index (χ3n) is 4.03. The lowest BCUT2D eigenvalue weighted by molar-refractivity contribution is 0.206. The zero-order valence-corrected chi connectivity index (χ0v) is 15.0. The van der Waals surface area contributed by atoms with Crippen molar-refractivity contribution in [1.29, 1.82) is 0 Å². The molecule has 0 bridgehead atoms. The second-order valence-corrected chi connectivity index (χ2v) is 8.13. The molecule has 1 aromatic carbocycles. The van der Waals surface area contributed by atoms with Gasteiger partial charge in [0.1, 0.15) is 18.5 Å². The Morgan fingerprint density at radius 2 is 2.00 bits per heavy atom. The third-order valence-corrected chi connectivity index (χ3v) is 5.83. The normalized spacial score (nSPS) is 18.2. The van der Waals surface area contributed by atoms with Crippen molar-refractivity contribution < 1.29 is 17.9 Å². The summed E-state index contributed by atoms with van der Waals surface area (Å²) in [5.41, 5.74) is 1.06. The highest BCUT2D eigenvalue weighted by molar-refractivity contribution is 7.89. The first-order valence-corrected chi connectivity index (χ1v) is 9.89. The number of sulfonamides is 1. The van der Waals surface area contributed by atoms with Gasteiger partial charge in [-0.05, 0) is 31.0 Å². The largest absolute Gasteiger partial charge is 0.492 e. The predicted molar refractivity (Wildman–Crippen MR) is 95.3 cm³/mol. The van der Waals surface area contributed by atoms with Crippen LogP contribution in [0.2, 0.25) is 0 Å².